The minimum atomic E-state index is -3.10. The third-order valence-electron chi connectivity index (χ3n) is 3.41. The molecule has 20 heavy (non-hydrogen) atoms. The largest absolute Gasteiger partial charge is 0.374 e. The van der Waals surface area contributed by atoms with Gasteiger partial charge in [0.2, 0.25) is 10.0 Å². The highest BCUT2D eigenvalue weighted by molar-refractivity contribution is 7.88. The molecule has 1 aliphatic heterocycles. The number of methoxy groups -OCH3 is 1. The second-order valence-corrected chi connectivity index (χ2v) is 6.78. The van der Waals surface area contributed by atoms with Gasteiger partial charge in [0.15, 0.2) is 5.82 Å². The Balaban J connectivity index is 2.07. The number of hydrogen-bond donors (Lipinski definition) is 0. The number of ether oxygens (including phenoxy) is 1. The van der Waals surface area contributed by atoms with Gasteiger partial charge in [-0.2, -0.15) is 4.31 Å². The number of piperazine rings is 1. The number of sulfonamides is 1. The number of rotatable bonds is 4. The fourth-order valence-corrected chi connectivity index (χ4v) is 2.92. The number of anilines is 1. The van der Waals surface area contributed by atoms with Crippen molar-refractivity contribution in [3.05, 3.63) is 18.1 Å². The lowest BCUT2D eigenvalue weighted by atomic mass is 10.3. The predicted molar refractivity (Wildman–Crippen MR) is 76.1 cm³/mol. The molecule has 0 bridgehead atoms. The van der Waals surface area contributed by atoms with E-state index in [0.717, 1.165) is 5.82 Å². The van der Waals surface area contributed by atoms with Crippen LogP contribution in [0.3, 0.4) is 0 Å². The highest BCUT2D eigenvalue weighted by Gasteiger charge is 2.24. The molecule has 1 atom stereocenters. The lowest BCUT2D eigenvalue weighted by Gasteiger charge is -2.34. The normalized spacial score (nSPS) is 19.1. The third kappa shape index (κ3) is 3.44. The molecule has 8 heteroatoms. The molecular weight excluding hydrogens is 280 g/mol. The molecule has 1 aliphatic rings. The average Bonchev–Trinajstić information content (AvgIpc) is 2.46. The van der Waals surface area contributed by atoms with Crippen molar-refractivity contribution >= 4 is 15.8 Å². The Hall–Kier alpha value is -1.25. The van der Waals surface area contributed by atoms with Crippen LogP contribution < -0.4 is 4.90 Å². The van der Waals surface area contributed by atoms with Gasteiger partial charge < -0.3 is 9.64 Å². The van der Waals surface area contributed by atoms with Crippen molar-refractivity contribution in [1.82, 2.24) is 14.3 Å². The maximum atomic E-state index is 11.5. The standard InChI is InChI=1S/C12H20N4O3S/c1-10(19-2)12-13-5-4-11(14-12)15-6-8-16(9-7-15)20(3,17)18/h4-5,10H,6-9H2,1-3H3. The zero-order chi connectivity index (χ0) is 14.8. The molecule has 0 amide bonds. The maximum Gasteiger partial charge on any atom is 0.211 e. The maximum absolute atomic E-state index is 11.5. The monoisotopic (exact) mass is 300 g/mol. The quantitative estimate of drug-likeness (QED) is 0.794. The minimum absolute atomic E-state index is 0.160. The zero-order valence-electron chi connectivity index (χ0n) is 12.0. The predicted octanol–water partition coefficient (Wildman–Crippen LogP) is 0.266. The average molecular weight is 300 g/mol. The Kier molecular flexibility index (Phi) is 4.56. The van der Waals surface area contributed by atoms with Crippen molar-refractivity contribution in [2.75, 3.05) is 44.4 Å². The second kappa shape index (κ2) is 6.02. The van der Waals surface area contributed by atoms with Crippen molar-refractivity contribution in [1.29, 1.82) is 0 Å². The Morgan fingerprint density at radius 2 is 1.95 bits per heavy atom. The first-order chi connectivity index (χ1) is 9.41. The van der Waals surface area contributed by atoms with Crippen LogP contribution in [0.25, 0.3) is 0 Å². The number of hydrogen-bond acceptors (Lipinski definition) is 6. The van der Waals surface area contributed by atoms with E-state index in [1.165, 1.54) is 10.6 Å². The molecule has 0 aromatic carbocycles. The molecule has 2 heterocycles. The molecule has 2 rings (SSSR count). The topological polar surface area (TPSA) is 75.6 Å². The molecule has 112 valence electrons. The van der Waals surface area contributed by atoms with E-state index in [9.17, 15) is 8.42 Å². The summed E-state index contributed by atoms with van der Waals surface area (Å²) in [6.45, 7) is 4.12. The van der Waals surface area contributed by atoms with Crippen molar-refractivity contribution in [3.63, 3.8) is 0 Å². The van der Waals surface area contributed by atoms with Crippen LogP contribution in [0.5, 0.6) is 0 Å². The van der Waals surface area contributed by atoms with Gasteiger partial charge in [-0.3, -0.25) is 0 Å². The molecule has 1 aromatic heterocycles. The van der Waals surface area contributed by atoms with Gasteiger partial charge in [-0.05, 0) is 13.0 Å². The van der Waals surface area contributed by atoms with Crippen LogP contribution in [0.1, 0.15) is 18.9 Å². The van der Waals surface area contributed by atoms with E-state index in [1.807, 2.05) is 13.0 Å². The highest BCUT2D eigenvalue weighted by Crippen LogP contribution is 2.17. The van der Waals surface area contributed by atoms with E-state index in [2.05, 4.69) is 14.9 Å². The van der Waals surface area contributed by atoms with Crippen molar-refractivity contribution < 1.29 is 13.2 Å². The van der Waals surface area contributed by atoms with E-state index >= 15 is 0 Å². The molecule has 0 aliphatic carbocycles. The second-order valence-electron chi connectivity index (χ2n) is 4.80. The Morgan fingerprint density at radius 3 is 2.50 bits per heavy atom. The summed E-state index contributed by atoms with van der Waals surface area (Å²) in [6, 6.07) is 1.84. The SMILES string of the molecule is COC(C)c1nccc(N2CCN(S(C)(=O)=O)CC2)n1. The Morgan fingerprint density at radius 1 is 1.30 bits per heavy atom. The molecular formula is C12H20N4O3S. The van der Waals surface area contributed by atoms with Crippen LogP contribution in [0.4, 0.5) is 5.82 Å². The Labute approximate surface area is 119 Å². The van der Waals surface area contributed by atoms with Crippen LogP contribution in [0.2, 0.25) is 0 Å². The van der Waals surface area contributed by atoms with E-state index in [4.69, 9.17) is 4.74 Å². The number of aromatic nitrogens is 2. The van der Waals surface area contributed by atoms with Gasteiger partial charge >= 0.3 is 0 Å². The lowest BCUT2D eigenvalue weighted by Crippen LogP contribution is -2.48. The summed E-state index contributed by atoms with van der Waals surface area (Å²) in [4.78, 5) is 10.7. The molecule has 0 spiro atoms. The van der Waals surface area contributed by atoms with Crippen LogP contribution >= 0.6 is 0 Å². The van der Waals surface area contributed by atoms with Crippen LogP contribution in [0.15, 0.2) is 12.3 Å². The van der Waals surface area contributed by atoms with Gasteiger partial charge in [-0.25, -0.2) is 18.4 Å². The molecule has 0 N–H and O–H groups in total. The fraction of sp³-hybridized carbons (Fsp3) is 0.667. The van der Waals surface area contributed by atoms with Gasteiger partial charge in [0.05, 0.1) is 6.26 Å². The summed E-state index contributed by atoms with van der Waals surface area (Å²) in [6.07, 6.45) is 2.79. The van der Waals surface area contributed by atoms with Gasteiger partial charge in [0.1, 0.15) is 11.9 Å². The molecule has 7 nitrogen and oxygen atoms in total. The summed E-state index contributed by atoms with van der Waals surface area (Å²) in [7, 11) is -1.49. The molecule has 0 saturated carbocycles. The highest BCUT2D eigenvalue weighted by atomic mass is 32.2. The van der Waals surface area contributed by atoms with E-state index in [1.54, 1.807) is 13.3 Å². The van der Waals surface area contributed by atoms with Crippen LogP contribution in [0, 0.1) is 0 Å². The lowest BCUT2D eigenvalue weighted by molar-refractivity contribution is 0.112. The summed E-state index contributed by atoms with van der Waals surface area (Å²) in [5, 5.41) is 0. The molecule has 1 saturated heterocycles. The molecule has 1 aromatic rings. The first kappa shape index (κ1) is 15.1. The first-order valence-electron chi connectivity index (χ1n) is 6.47. The van der Waals surface area contributed by atoms with Crippen molar-refractivity contribution in [3.8, 4) is 0 Å². The molecule has 0 radical (unpaired) electrons. The molecule has 1 unspecified atom stereocenters. The fourth-order valence-electron chi connectivity index (χ4n) is 2.09. The van der Waals surface area contributed by atoms with E-state index in [0.29, 0.717) is 32.0 Å². The zero-order valence-corrected chi connectivity index (χ0v) is 12.8. The first-order valence-corrected chi connectivity index (χ1v) is 8.32. The van der Waals surface area contributed by atoms with Gasteiger partial charge in [0.25, 0.3) is 0 Å². The third-order valence-corrected chi connectivity index (χ3v) is 4.71. The summed E-state index contributed by atoms with van der Waals surface area (Å²) >= 11 is 0. The summed E-state index contributed by atoms with van der Waals surface area (Å²) in [5.41, 5.74) is 0. The molecule has 1 fully saturated rings. The van der Waals surface area contributed by atoms with E-state index < -0.39 is 10.0 Å². The van der Waals surface area contributed by atoms with Gasteiger partial charge in [0, 0.05) is 39.5 Å². The summed E-state index contributed by atoms with van der Waals surface area (Å²) < 4.78 is 29.7. The van der Waals surface area contributed by atoms with Crippen molar-refractivity contribution in [2.45, 2.75) is 13.0 Å². The van der Waals surface area contributed by atoms with Crippen LogP contribution in [-0.2, 0) is 14.8 Å². The Bertz CT molecular complexity index is 556. The minimum Gasteiger partial charge on any atom is -0.374 e. The van der Waals surface area contributed by atoms with Crippen LogP contribution in [-0.4, -0.2) is 62.2 Å². The van der Waals surface area contributed by atoms with E-state index in [-0.39, 0.29) is 6.10 Å². The van der Waals surface area contributed by atoms with Crippen molar-refractivity contribution in [2.24, 2.45) is 0 Å². The smallest absolute Gasteiger partial charge is 0.211 e. The van der Waals surface area contributed by atoms with Gasteiger partial charge in [-0.1, -0.05) is 0 Å². The summed E-state index contributed by atoms with van der Waals surface area (Å²) in [5.74, 6) is 1.45. The van der Waals surface area contributed by atoms with Gasteiger partial charge in [-0.15, -0.1) is 0 Å². The number of nitrogens with zero attached hydrogens (tertiary/aromatic N) is 4.